The lowest BCUT2D eigenvalue weighted by Crippen LogP contribution is -2.38. The average molecular weight is 330 g/mol. The molecule has 2 N–H and O–H groups in total. The van der Waals surface area contributed by atoms with Crippen molar-refractivity contribution in [1.29, 1.82) is 0 Å². The van der Waals surface area contributed by atoms with Crippen LogP contribution in [0.5, 0.6) is 0 Å². The van der Waals surface area contributed by atoms with Crippen molar-refractivity contribution in [2.75, 3.05) is 13.6 Å². The van der Waals surface area contributed by atoms with E-state index in [0.717, 1.165) is 29.1 Å². The lowest BCUT2D eigenvalue weighted by molar-refractivity contribution is -0.121. The fourth-order valence-corrected chi connectivity index (χ4v) is 2.74. The Bertz CT molecular complexity index is 849. The molecule has 0 saturated heterocycles. The number of carbonyl (C=O) groups excluding carboxylic acids is 1. The zero-order chi connectivity index (χ0) is 16.0. The summed E-state index contributed by atoms with van der Waals surface area (Å²) in [5, 5.41) is 4.68. The van der Waals surface area contributed by atoms with Crippen LogP contribution in [0.15, 0.2) is 29.1 Å². The second-order valence-corrected chi connectivity index (χ2v) is 6.38. The lowest BCUT2D eigenvalue weighted by atomic mass is 10.2. The van der Waals surface area contributed by atoms with Gasteiger partial charge in [-0.05, 0) is 30.9 Å². The first-order valence-corrected chi connectivity index (χ1v) is 7.94. The van der Waals surface area contributed by atoms with Gasteiger partial charge in [-0.15, -0.1) is 0 Å². The van der Waals surface area contributed by atoms with Gasteiger partial charge in [0.05, 0.1) is 5.02 Å². The SMILES string of the molecule is CN1C(=O)/C(=C/c2c[nH]c3ncc(Cl)cc23)N=C1NCC1CC1. The van der Waals surface area contributed by atoms with Crippen LogP contribution < -0.4 is 5.32 Å². The Hall–Kier alpha value is -2.34. The quantitative estimate of drug-likeness (QED) is 0.849. The fraction of sp³-hybridized carbons (Fsp3) is 0.312. The highest BCUT2D eigenvalue weighted by Gasteiger charge is 2.29. The number of aliphatic imine (C=N–C) groups is 1. The molecule has 0 spiro atoms. The number of fused-ring (bicyclic) bond motifs is 1. The molecule has 2 aliphatic rings. The van der Waals surface area contributed by atoms with Crippen molar-refractivity contribution in [2.24, 2.45) is 10.9 Å². The summed E-state index contributed by atoms with van der Waals surface area (Å²) in [7, 11) is 1.73. The number of nitrogens with one attached hydrogen (secondary N) is 2. The molecule has 0 aromatic carbocycles. The summed E-state index contributed by atoms with van der Waals surface area (Å²) < 4.78 is 0. The summed E-state index contributed by atoms with van der Waals surface area (Å²) in [6.07, 6.45) is 7.66. The summed E-state index contributed by atoms with van der Waals surface area (Å²) in [5.41, 5.74) is 1.99. The van der Waals surface area contributed by atoms with Gasteiger partial charge in [0.15, 0.2) is 0 Å². The molecule has 0 unspecified atom stereocenters. The molecule has 1 saturated carbocycles. The molecule has 2 aromatic heterocycles. The zero-order valence-corrected chi connectivity index (χ0v) is 13.4. The smallest absolute Gasteiger partial charge is 0.279 e. The minimum atomic E-state index is -0.118. The number of aromatic amines is 1. The average Bonchev–Trinajstić information content (AvgIpc) is 3.24. The van der Waals surface area contributed by atoms with Crippen LogP contribution in [0, 0.1) is 5.92 Å². The van der Waals surface area contributed by atoms with Gasteiger partial charge in [-0.2, -0.15) is 0 Å². The monoisotopic (exact) mass is 329 g/mol. The van der Waals surface area contributed by atoms with Crippen LogP contribution in [-0.2, 0) is 4.79 Å². The first-order chi connectivity index (χ1) is 11.1. The third kappa shape index (κ3) is 2.70. The number of rotatable bonds is 3. The first-order valence-electron chi connectivity index (χ1n) is 7.57. The van der Waals surface area contributed by atoms with E-state index in [1.165, 1.54) is 12.8 Å². The van der Waals surface area contributed by atoms with Crippen molar-refractivity contribution >= 4 is 40.6 Å². The number of aromatic nitrogens is 2. The fourth-order valence-electron chi connectivity index (χ4n) is 2.58. The van der Waals surface area contributed by atoms with Crippen LogP contribution in [0.4, 0.5) is 0 Å². The third-order valence-electron chi connectivity index (χ3n) is 4.14. The minimum absolute atomic E-state index is 0.118. The van der Waals surface area contributed by atoms with Crippen LogP contribution in [-0.4, -0.2) is 40.3 Å². The number of hydrogen-bond acceptors (Lipinski definition) is 4. The van der Waals surface area contributed by atoms with Gasteiger partial charge in [0.2, 0.25) is 5.96 Å². The molecule has 7 heteroatoms. The number of carbonyl (C=O) groups is 1. The van der Waals surface area contributed by atoms with E-state index in [-0.39, 0.29) is 5.91 Å². The van der Waals surface area contributed by atoms with Crippen LogP contribution in [0.1, 0.15) is 18.4 Å². The van der Waals surface area contributed by atoms with Gasteiger partial charge in [-0.3, -0.25) is 9.69 Å². The molecular formula is C16H16ClN5O. The van der Waals surface area contributed by atoms with E-state index in [1.807, 2.05) is 6.07 Å². The van der Waals surface area contributed by atoms with E-state index in [9.17, 15) is 4.79 Å². The second-order valence-electron chi connectivity index (χ2n) is 5.95. The Morgan fingerprint density at radius 1 is 1.52 bits per heavy atom. The highest BCUT2D eigenvalue weighted by molar-refractivity contribution is 6.31. The number of amides is 1. The lowest BCUT2D eigenvalue weighted by Gasteiger charge is -2.12. The van der Waals surface area contributed by atoms with Gasteiger partial charge in [0, 0.05) is 36.9 Å². The van der Waals surface area contributed by atoms with E-state index >= 15 is 0 Å². The molecule has 0 bridgehead atoms. The van der Waals surface area contributed by atoms with E-state index in [2.05, 4.69) is 20.3 Å². The van der Waals surface area contributed by atoms with Gasteiger partial charge < -0.3 is 10.3 Å². The number of hydrogen-bond donors (Lipinski definition) is 2. The van der Waals surface area contributed by atoms with Crippen LogP contribution in [0.25, 0.3) is 17.1 Å². The molecule has 0 atom stereocenters. The molecule has 1 aliphatic heterocycles. The molecule has 118 valence electrons. The summed E-state index contributed by atoms with van der Waals surface area (Å²) >= 11 is 6.01. The van der Waals surface area contributed by atoms with Crippen molar-refractivity contribution in [2.45, 2.75) is 12.8 Å². The molecule has 2 aromatic rings. The van der Waals surface area contributed by atoms with Crippen molar-refractivity contribution in [3.63, 3.8) is 0 Å². The molecular weight excluding hydrogens is 314 g/mol. The second kappa shape index (κ2) is 5.38. The van der Waals surface area contributed by atoms with E-state index < -0.39 is 0 Å². The summed E-state index contributed by atoms with van der Waals surface area (Å²) in [5.74, 6) is 1.22. The van der Waals surface area contributed by atoms with Gasteiger partial charge in [0.1, 0.15) is 11.3 Å². The molecule has 1 amide bonds. The summed E-state index contributed by atoms with van der Waals surface area (Å²) in [6.45, 7) is 0.871. The van der Waals surface area contributed by atoms with E-state index in [0.29, 0.717) is 16.7 Å². The number of likely N-dealkylation sites (N-methyl/N-ethyl adjacent to an activating group) is 1. The third-order valence-corrected chi connectivity index (χ3v) is 4.34. The number of guanidine groups is 1. The summed E-state index contributed by atoms with van der Waals surface area (Å²) in [4.78, 5) is 25.6. The van der Waals surface area contributed by atoms with Gasteiger partial charge in [0.25, 0.3) is 5.91 Å². The van der Waals surface area contributed by atoms with Crippen LogP contribution in [0.3, 0.4) is 0 Å². The minimum Gasteiger partial charge on any atom is -0.355 e. The van der Waals surface area contributed by atoms with Gasteiger partial charge in [-0.1, -0.05) is 11.6 Å². The van der Waals surface area contributed by atoms with Crippen molar-refractivity contribution in [3.05, 3.63) is 34.7 Å². The molecule has 1 fully saturated rings. The topological polar surface area (TPSA) is 73.4 Å². The number of nitrogens with zero attached hydrogens (tertiary/aromatic N) is 3. The molecule has 1 aliphatic carbocycles. The Labute approximate surface area is 138 Å². The molecule has 3 heterocycles. The highest BCUT2D eigenvalue weighted by atomic mass is 35.5. The number of pyridine rings is 1. The van der Waals surface area contributed by atoms with Gasteiger partial charge >= 0.3 is 0 Å². The Morgan fingerprint density at radius 2 is 2.35 bits per heavy atom. The number of halogens is 1. The number of H-pyrrole nitrogens is 1. The largest absolute Gasteiger partial charge is 0.355 e. The predicted octanol–water partition coefficient (Wildman–Crippen LogP) is 2.38. The maximum atomic E-state index is 12.4. The standard InChI is InChI=1S/C16H16ClN5O/c1-22-15(23)13(21-16(22)20-6-9-2-3-9)4-10-7-18-14-12(10)5-11(17)8-19-14/h4-5,7-9H,2-3,6H2,1H3,(H,18,19)(H,20,21)/b13-4-. The molecule has 23 heavy (non-hydrogen) atoms. The van der Waals surface area contributed by atoms with E-state index in [1.54, 1.807) is 30.4 Å². The highest BCUT2D eigenvalue weighted by Crippen LogP contribution is 2.28. The van der Waals surface area contributed by atoms with Gasteiger partial charge in [-0.25, -0.2) is 9.98 Å². The van der Waals surface area contributed by atoms with Crippen LogP contribution >= 0.6 is 11.6 Å². The maximum absolute atomic E-state index is 12.4. The molecule has 4 rings (SSSR count). The first kappa shape index (κ1) is 14.3. The van der Waals surface area contributed by atoms with Crippen molar-refractivity contribution in [1.82, 2.24) is 20.2 Å². The maximum Gasteiger partial charge on any atom is 0.279 e. The predicted molar refractivity (Wildman–Crippen MR) is 90.0 cm³/mol. The zero-order valence-electron chi connectivity index (χ0n) is 12.6. The summed E-state index contributed by atoms with van der Waals surface area (Å²) in [6, 6.07) is 1.83. The van der Waals surface area contributed by atoms with Crippen LogP contribution in [0.2, 0.25) is 5.02 Å². The van der Waals surface area contributed by atoms with Crippen molar-refractivity contribution < 1.29 is 4.79 Å². The van der Waals surface area contributed by atoms with Crippen molar-refractivity contribution in [3.8, 4) is 0 Å². The molecule has 6 nitrogen and oxygen atoms in total. The van der Waals surface area contributed by atoms with E-state index in [4.69, 9.17) is 11.6 Å². The Morgan fingerprint density at radius 3 is 3.13 bits per heavy atom. The Balaban J connectivity index is 1.65. The normalized spacial score (nSPS) is 19.7. The molecule has 0 radical (unpaired) electrons. The Kier molecular flexibility index (Phi) is 3.34.